The molecule has 0 spiro atoms. The van der Waals surface area contributed by atoms with E-state index in [1.54, 1.807) is 12.1 Å². The normalized spacial score (nSPS) is 19.6. The third-order valence-corrected chi connectivity index (χ3v) is 1.93. The third kappa shape index (κ3) is 1.67. The minimum atomic E-state index is -0.137. The molecule has 0 aliphatic carbocycles. The Bertz CT molecular complexity index is 361. The maximum Gasteiger partial charge on any atom is 0.156 e. The van der Waals surface area contributed by atoms with Crippen molar-refractivity contribution in [2.24, 2.45) is 16.6 Å². The Morgan fingerprint density at radius 1 is 1.50 bits per heavy atom. The average molecular weight is 189 g/mol. The van der Waals surface area contributed by atoms with Crippen LogP contribution in [0.4, 0.5) is 0 Å². The molecule has 1 rings (SSSR count). The van der Waals surface area contributed by atoms with Gasteiger partial charge in [-0.25, -0.2) is 4.99 Å². The summed E-state index contributed by atoms with van der Waals surface area (Å²) in [5.74, 6) is 0.506. The third-order valence-electron chi connectivity index (χ3n) is 1.93. The minimum absolute atomic E-state index is 0.0191. The zero-order valence-electron chi connectivity index (χ0n) is 8.07. The second-order valence-electron chi connectivity index (χ2n) is 3.32. The van der Waals surface area contributed by atoms with Gasteiger partial charge in [-0.05, 0) is 5.92 Å². The fourth-order valence-corrected chi connectivity index (χ4v) is 1.12. The molecule has 1 atom stereocenters. The molecule has 0 aromatic carbocycles. The van der Waals surface area contributed by atoms with Crippen molar-refractivity contribution in [2.75, 3.05) is 0 Å². The molecule has 0 aromatic rings. The lowest BCUT2D eigenvalue weighted by Crippen LogP contribution is -2.28. The molecule has 72 valence electrons. The standard InChI is InChI=1S/C9H11N5/c1-5(2)9-13-7(8(12)14-9)6(3-10)4-11/h5,9,13H,1-2H3,(H2,12,14). The van der Waals surface area contributed by atoms with Crippen LogP contribution < -0.4 is 11.1 Å². The van der Waals surface area contributed by atoms with Crippen LogP contribution in [0.5, 0.6) is 0 Å². The molecule has 0 saturated heterocycles. The highest BCUT2D eigenvalue weighted by Gasteiger charge is 2.24. The van der Waals surface area contributed by atoms with E-state index in [-0.39, 0.29) is 23.5 Å². The van der Waals surface area contributed by atoms with Crippen LogP contribution >= 0.6 is 0 Å². The first-order valence-electron chi connectivity index (χ1n) is 4.24. The van der Waals surface area contributed by atoms with E-state index in [0.29, 0.717) is 5.70 Å². The van der Waals surface area contributed by atoms with Crippen LogP contribution in [-0.2, 0) is 0 Å². The number of rotatable bonds is 1. The van der Waals surface area contributed by atoms with E-state index in [2.05, 4.69) is 10.3 Å². The van der Waals surface area contributed by atoms with Gasteiger partial charge in [-0.3, -0.25) is 0 Å². The number of nitrogens with one attached hydrogen (secondary N) is 1. The molecule has 14 heavy (non-hydrogen) atoms. The lowest BCUT2D eigenvalue weighted by atomic mass is 10.1. The van der Waals surface area contributed by atoms with Gasteiger partial charge in [0.25, 0.3) is 0 Å². The Hall–Kier alpha value is -2.01. The van der Waals surface area contributed by atoms with Crippen molar-refractivity contribution >= 4 is 5.84 Å². The van der Waals surface area contributed by atoms with Gasteiger partial charge in [-0.2, -0.15) is 10.5 Å². The van der Waals surface area contributed by atoms with Crippen LogP contribution in [0, 0.1) is 28.6 Å². The van der Waals surface area contributed by atoms with Crippen molar-refractivity contribution < 1.29 is 0 Å². The molecule has 5 nitrogen and oxygen atoms in total. The van der Waals surface area contributed by atoms with Gasteiger partial charge in [-0.15, -0.1) is 0 Å². The van der Waals surface area contributed by atoms with Gasteiger partial charge in [0.15, 0.2) is 5.57 Å². The fraction of sp³-hybridized carbons (Fsp3) is 0.444. The summed E-state index contributed by atoms with van der Waals surface area (Å²) in [4.78, 5) is 4.11. The van der Waals surface area contributed by atoms with Crippen molar-refractivity contribution in [3.63, 3.8) is 0 Å². The number of allylic oxidation sites excluding steroid dienone is 1. The molecular weight excluding hydrogens is 178 g/mol. The maximum atomic E-state index is 8.65. The summed E-state index contributed by atoms with van der Waals surface area (Å²) < 4.78 is 0. The van der Waals surface area contributed by atoms with E-state index in [9.17, 15) is 0 Å². The molecule has 0 aromatic heterocycles. The Labute approximate surface area is 82.5 Å². The van der Waals surface area contributed by atoms with Crippen molar-refractivity contribution in [2.45, 2.75) is 20.0 Å². The molecule has 1 aliphatic heterocycles. The zero-order valence-corrected chi connectivity index (χ0v) is 8.07. The summed E-state index contributed by atoms with van der Waals surface area (Å²) in [6.07, 6.45) is -0.137. The molecule has 0 amide bonds. The highest BCUT2D eigenvalue weighted by atomic mass is 15.2. The van der Waals surface area contributed by atoms with E-state index < -0.39 is 0 Å². The van der Waals surface area contributed by atoms with E-state index in [4.69, 9.17) is 16.3 Å². The lowest BCUT2D eigenvalue weighted by Gasteiger charge is -2.12. The monoisotopic (exact) mass is 189 g/mol. The molecule has 5 heteroatoms. The van der Waals surface area contributed by atoms with Crippen LogP contribution in [0.3, 0.4) is 0 Å². The highest BCUT2D eigenvalue weighted by molar-refractivity contribution is 6.00. The topological polar surface area (TPSA) is 98.0 Å². The summed E-state index contributed by atoms with van der Waals surface area (Å²) in [5.41, 5.74) is 5.92. The van der Waals surface area contributed by atoms with Crippen LogP contribution in [-0.4, -0.2) is 12.0 Å². The quantitative estimate of drug-likeness (QED) is 0.577. The van der Waals surface area contributed by atoms with Crippen LogP contribution in [0.15, 0.2) is 16.3 Å². The molecule has 1 heterocycles. The number of amidine groups is 1. The Balaban J connectivity index is 3.02. The number of nitrogens with zero attached hydrogens (tertiary/aromatic N) is 3. The minimum Gasteiger partial charge on any atom is -0.382 e. The maximum absolute atomic E-state index is 8.65. The van der Waals surface area contributed by atoms with Gasteiger partial charge in [0.2, 0.25) is 0 Å². The molecule has 0 radical (unpaired) electrons. The number of nitriles is 2. The zero-order chi connectivity index (χ0) is 10.7. The van der Waals surface area contributed by atoms with E-state index in [1.165, 1.54) is 0 Å². The van der Waals surface area contributed by atoms with Crippen molar-refractivity contribution in [3.05, 3.63) is 11.3 Å². The second-order valence-corrected chi connectivity index (χ2v) is 3.32. The Morgan fingerprint density at radius 2 is 2.07 bits per heavy atom. The Morgan fingerprint density at radius 3 is 2.43 bits per heavy atom. The first-order valence-corrected chi connectivity index (χ1v) is 4.24. The van der Waals surface area contributed by atoms with Gasteiger partial charge >= 0.3 is 0 Å². The number of hydrogen-bond acceptors (Lipinski definition) is 5. The summed E-state index contributed by atoms with van der Waals surface area (Å²) in [6, 6.07) is 3.56. The molecule has 0 saturated carbocycles. The van der Waals surface area contributed by atoms with Crippen molar-refractivity contribution in [1.29, 1.82) is 10.5 Å². The van der Waals surface area contributed by atoms with Gasteiger partial charge in [0.05, 0.1) is 0 Å². The number of nitrogens with two attached hydrogens (primary N) is 1. The molecule has 0 bridgehead atoms. The summed E-state index contributed by atoms with van der Waals surface area (Å²) in [5, 5.41) is 20.2. The molecule has 1 aliphatic rings. The molecule has 3 N–H and O–H groups in total. The molecule has 0 fully saturated rings. The molecular formula is C9H11N5. The first kappa shape index (κ1) is 10.1. The number of aliphatic imine (C=N–C) groups is 1. The smallest absolute Gasteiger partial charge is 0.156 e. The van der Waals surface area contributed by atoms with Crippen molar-refractivity contribution in [1.82, 2.24) is 5.32 Å². The highest BCUT2D eigenvalue weighted by Crippen LogP contribution is 2.14. The van der Waals surface area contributed by atoms with Gasteiger partial charge in [0.1, 0.15) is 29.8 Å². The molecule has 1 unspecified atom stereocenters. The van der Waals surface area contributed by atoms with Gasteiger partial charge in [0, 0.05) is 0 Å². The SMILES string of the molecule is CC(C)C1N=C(N)C(=C(C#N)C#N)N1. The lowest BCUT2D eigenvalue weighted by molar-refractivity contribution is 0.467. The predicted octanol–water partition coefficient (Wildman–Crippen LogP) is 0.230. The Kier molecular flexibility index (Phi) is 2.73. The number of hydrogen-bond donors (Lipinski definition) is 2. The average Bonchev–Trinajstić information content (AvgIpc) is 2.51. The fourth-order valence-electron chi connectivity index (χ4n) is 1.12. The summed E-state index contributed by atoms with van der Waals surface area (Å²) in [7, 11) is 0. The second kappa shape index (κ2) is 3.80. The summed E-state index contributed by atoms with van der Waals surface area (Å²) in [6.45, 7) is 3.96. The predicted molar refractivity (Wildman–Crippen MR) is 51.6 cm³/mol. The van der Waals surface area contributed by atoms with Gasteiger partial charge in [-0.1, -0.05) is 13.8 Å². The van der Waals surface area contributed by atoms with Crippen molar-refractivity contribution in [3.8, 4) is 12.1 Å². The summed E-state index contributed by atoms with van der Waals surface area (Å²) >= 11 is 0. The van der Waals surface area contributed by atoms with Crippen LogP contribution in [0.1, 0.15) is 13.8 Å². The van der Waals surface area contributed by atoms with E-state index in [1.807, 2.05) is 13.8 Å². The first-order chi connectivity index (χ1) is 6.60. The van der Waals surface area contributed by atoms with E-state index >= 15 is 0 Å². The van der Waals surface area contributed by atoms with E-state index in [0.717, 1.165) is 0 Å². The van der Waals surface area contributed by atoms with Gasteiger partial charge < -0.3 is 11.1 Å². The van der Waals surface area contributed by atoms with Crippen LogP contribution in [0.25, 0.3) is 0 Å². The largest absolute Gasteiger partial charge is 0.382 e. The van der Waals surface area contributed by atoms with Crippen LogP contribution in [0.2, 0.25) is 0 Å².